The fraction of sp³-hybridized carbons (Fsp3) is 0.269. The molecule has 0 aliphatic carbocycles. The van der Waals surface area contributed by atoms with E-state index in [1.165, 1.54) is 6.07 Å². The summed E-state index contributed by atoms with van der Waals surface area (Å²) in [6.07, 6.45) is 1.82. The number of benzene rings is 3. The SMILES string of the molecule is CCOc1cc(CNCCCc2nc3ccccc3[nH]2)cc(Cl)c1OCc1ccccc1F. The number of hydrogen-bond acceptors (Lipinski definition) is 4. The fourth-order valence-corrected chi connectivity index (χ4v) is 3.92. The maximum atomic E-state index is 13.9. The monoisotopic (exact) mass is 467 g/mol. The zero-order valence-electron chi connectivity index (χ0n) is 18.5. The zero-order chi connectivity index (χ0) is 23.0. The molecule has 33 heavy (non-hydrogen) atoms. The maximum Gasteiger partial charge on any atom is 0.180 e. The van der Waals surface area contributed by atoms with Crippen molar-refractivity contribution in [1.29, 1.82) is 0 Å². The first kappa shape index (κ1) is 23.1. The molecule has 0 spiro atoms. The molecular formula is C26H27ClFN3O2. The predicted octanol–water partition coefficient (Wildman–Crippen LogP) is 6.06. The molecule has 0 saturated carbocycles. The van der Waals surface area contributed by atoms with E-state index in [1.807, 2.05) is 43.3 Å². The number of halogens is 2. The van der Waals surface area contributed by atoms with Crippen LogP contribution in [0.4, 0.5) is 4.39 Å². The number of hydrogen-bond donors (Lipinski definition) is 2. The van der Waals surface area contributed by atoms with Crippen LogP contribution in [-0.4, -0.2) is 23.1 Å². The van der Waals surface area contributed by atoms with Crippen LogP contribution in [0.2, 0.25) is 5.02 Å². The highest BCUT2D eigenvalue weighted by Crippen LogP contribution is 2.37. The van der Waals surface area contributed by atoms with Crippen molar-refractivity contribution in [3.63, 3.8) is 0 Å². The Bertz CT molecular complexity index is 1180. The van der Waals surface area contributed by atoms with E-state index >= 15 is 0 Å². The normalized spacial score (nSPS) is 11.1. The number of ether oxygens (including phenoxy) is 2. The number of imidazole rings is 1. The summed E-state index contributed by atoms with van der Waals surface area (Å²) < 4.78 is 25.5. The van der Waals surface area contributed by atoms with Crippen LogP contribution < -0.4 is 14.8 Å². The van der Waals surface area contributed by atoms with E-state index in [9.17, 15) is 4.39 Å². The Hall–Kier alpha value is -3.09. The van der Waals surface area contributed by atoms with Crippen LogP contribution in [-0.2, 0) is 19.6 Å². The van der Waals surface area contributed by atoms with Crippen molar-refractivity contribution in [2.45, 2.75) is 32.9 Å². The van der Waals surface area contributed by atoms with E-state index in [0.717, 1.165) is 41.8 Å². The Morgan fingerprint density at radius 2 is 1.88 bits per heavy atom. The van der Waals surface area contributed by atoms with Crippen molar-refractivity contribution in [2.24, 2.45) is 0 Å². The summed E-state index contributed by atoms with van der Waals surface area (Å²) in [6, 6.07) is 18.3. The van der Waals surface area contributed by atoms with E-state index < -0.39 is 0 Å². The van der Waals surface area contributed by atoms with Gasteiger partial charge in [0.2, 0.25) is 0 Å². The van der Waals surface area contributed by atoms with E-state index in [2.05, 4.69) is 15.3 Å². The minimum Gasteiger partial charge on any atom is -0.490 e. The Kier molecular flexibility index (Phi) is 7.81. The molecule has 2 N–H and O–H groups in total. The standard InChI is InChI=1S/C26H27ClFN3O2/c1-2-32-24-15-18(14-20(27)26(24)33-17-19-8-3-4-9-21(19)28)16-29-13-7-12-25-30-22-10-5-6-11-23(22)31-25/h3-6,8-11,14-15,29H,2,7,12-13,16-17H2,1H3,(H,30,31). The molecule has 0 bridgehead atoms. The number of H-pyrrole nitrogens is 1. The maximum absolute atomic E-state index is 13.9. The van der Waals surface area contributed by atoms with Crippen molar-refractivity contribution >= 4 is 22.6 Å². The molecule has 4 rings (SSSR count). The third kappa shape index (κ3) is 6.03. The van der Waals surface area contributed by atoms with Crippen LogP contribution in [0.1, 0.15) is 30.3 Å². The van der Waals surface area contributed by atoms with Crippen LogP contribution in [0.15, 0.2) is 60.7 Å². The van der Waals surface area contributed by atoms with Gasteiger partial charge in [-0.25, -0.2) is 9.37 Å². The van der Waals surface area contributed by atoms with Gasteiger partial charge < -0.3 is 19.8 Å². The number of para-hydroxylation sites is 2. The topological polar surface area (TPSA) is 59.2 Å². The van der Waals surface area contributed by atoms with Gasteiger partial charge in [-0.15, -0.1) is 0 Å². The fourth-order valence-electron chi connectivity index (χ4n) is 3.63. The van der Waals surface area contributed by atoms with Gasteiger partial charge in [-0.3, -0.25) is 0 Å². The smallest absolute Gasteiger partial charge is 0.180 e. The third-order valence-corrected chi connectivity index (χ3v) is 5.51. The van der Waals surface area contributed by atoms with Crippen LogP contribution >= 0.6 is 11.6 Å². The molecule has 172 valence electrons. The molecule has 0 saturated heterocycles. The second-order valence-electron chi connectivity index (χ2n) is 7.70. The van der Waals surface area contributed by atoms with Crippen molar-refractivity contribution in [2.75, 3.05) is 13.2 Å². The quantitative estimate of drug-likeness (QED) is 0.263. The molecule has 5 nitrogen and oxygen atoms in total. The predicted molar refractivity (Wildman–Crippen MR) is 129 cm³/mol. The Labute approximate surface area is 197 Å². The van der Waals surface area contributed by atoms with Gasteiger partial charge in [0, 0.05) is 18.5 Å². The molecule has 1 aromatic heterocycles. The van der Waals surface area contributed by atoms with Gasteiger partial charge in [0.05, 0.1) is 22.7 Å². The average molecular weight is 468 g/mol. The highest BCUT2D eigenvalue weighted by molar-refractivity contribution is 6.32. The second kappa shape index (κ2) is 11.2. The highest BCUT2D eigenvalue weighted by atomic mass is 35.5. The first-order valence-electron chi connectivity index (χ1n) is 11.1. The van der Waals surface area contributed by atoms with Gasteiger partial charge in [-0.2, -0.15) is 0 Å². The molecular weight excluding hydrogens is 441 g/mol. The van der Waals surface area contributed by atoms with E-state index in [1.54, 1.807) is 18.2 Å². The number of nitrogens with one attached hydrogen (secondary N) is 2. The van der Waals surface area contributed by atoms with Gasteiger partial charge >= 0.3 is 0 Å². The molecule has 0 atom stereocenters. The van der Waals surface area contributed by atoms with E-state index in [4.69, 9.17) is 21.1 Å². The molecule has 0 unspecified atom stereocenters. The number of aromatic amines is 1. The Balaban J connectivity index is 1.32. The van der Waals surface area contributed by atoms with Gasteiger partial charge in [-0.05, 0) is 55.8 Å². The van der Waals surface area contributed by atoms with Crippen LogP contribution in [0.3, 0.4) is 0 Å². The number of rotatable bonds is 11. The van der Waals surface area contributed by atoms with Gasteiger partial charge in [0.25, 0.3) is 0 Å². The summed E-state index contributed by atoms with van der Waals surface area (Å²) >= 11 is 6.50. The first-order chi connectivity index (χ1) is 16.1. The van der Waals surface area contributed by atoms with Gasteiger partial charge in [0.15, 0.2) is 11.5 Å². The summed E-state index contributed by atoms with van der Waals surface area (Å²) in [4.78, 5) is 7.97. The molecule has 0 radical (unpaired) electrons. The summed E-state index contributed by atoms with van der Waals surface area (Å²) in [5.74, 6) is 1.67. The summed E-state index contributed by atoms with van der Waals surface area (Å²) in [5, 5.41) is 3.88. The lowest BCUT2D eigenvalue weighted by molar-refractivity contribution is 0.266. The first-order valence-corrected chi connectivity index (χ1v) is 11.5. The second-order valence-corrected chi connectivity index (χ2v) is 8.11. The van der Waals surface area contributed by atoms with Crippen molar-refractivity contribution < 1.29 is 13.9 Å². The minimum absolute atomic E-state index is 0.0753. The van der Waals surface area contributed by atoms with Gasteiger partial charge in [0.1, 0.15) is 18.2 Å². The zero-order valence-corrected chi connectivity index (χ0v) is 19.3. The van der Waals surface area contributed by atoms with Gasteiger partial charge in [-0.1, -0.05) is 41.9 Å². The number of aromatic nitrogens is 2. The van der Waals surface area contributed by atoms with Crippen LogP contribution in [0.25, 0.3) is 11.0 Å². The lowest BCUT2D eigenvalue weighted by atomic mass is 10.2. The molecule has 4 aromatic rings. The van der Waals surface area contributed by atoms with Crippen molar-refractivity contribution in [1.82, 2.24) is 15.3 Å². The van der Waals surface area contributed by atoms with E-state index in [-0.39, 0.29) is 12.4 Å². The average Bonchev–Trinajstić information content (AvgIpc) is 3.22. The lowest BCUT2D eigenvalue weighted by Gasteiger charge is -2.16. The van der Waals surface area contributed by atoms with Crippen LogP contribution in [0.5, 0.6) is 11.5 Å². The van der Waals surface area contributed by atoms with E-state index in [0.29, 0.717) is 35.2 Å². The Morgan fingerprint density at radius 3 is 2.70 bits per heavy atom. The Morgan fingerprint density at radius 1 is 1.06 bits per heavy atom. The number of aryl methyl sites for hydroxylation is 1. The van der Waals surface area contributed by atoms with Crippen LogP contribution in [0, 0.1) is 5.82 Å². The molecule has 1 heterocycles. The third-order valence-electron chi connectivity index (χ3n) is 5.23. The molecule has 0 fully saturated rings. The minimum atomic E-state index is -0.310. The van der Waals surface area contributed by atoms with Crippen molar-refractivity contribution in [3.8, 4) is 11.5 Å². The number of nitrogens with zero attached hydrogens (tertiary/aromatic N) is 1. The summed E-state index contributed by atoms with van der Waals surface area (Å²) in [5.41, 5.74) is 3.52. The number of fused-ring (bicyclic) bond motifs is 1. The highest BCUT2D eigenvalue weighted by Gasteiger charge is 2.14. The lowest BCUT2D eigenvalue weighted by Crippen LogP contribution is -2.15. The molecule has 3 aromatic carbocycles. The largest absolute Gasteiger partial charge is 0.490 e. The summed E-state index contributed by atoms with van der Waals surface area (Å²) in [7, 11) is 0. The molecule has 0 aliphatic heterocycles. The molecule has 0 amide bonds. The molecule has 0 aliphatic rings. The molecule has 7 heteroatoms. The summed E-state index contributed by atoms with van der Waals surface area (Å²) in [6.45, 7) is 3.93. The van der Waals surface area contributed by atoms with Crippen molar-refractivity contribution in [3.05, 3.63) is 88.5 Å².